The van der Waals surface area contributed by atoms with Gasteiger partial charge in [-0.2, -0.15) is 0 Å². The highest BCUT2D eigenvalue weighted by atomic mass is 32.1. The van der Waals surface area contributed by atoms with Crippen LogP contribution in [0.1, 0.15) is 19.9 Å². The minimum Gasteiger partial charge on any atom is -0.464 e. The van der Waals surface area contributed by atoms with Gasteiger partial charge in [0.25, 0.3) is 0 Å². The van der Waals surface area contributed by atoms with E-state index in [0.29, 0.717) is 11.4 Å². The van der Waals surface area contributed by atoms with Gasteiger partial charge in [0.05, 0.1) is 16.8 Å². The van der Waals surface area contributed by atoms with Gasteiger partial charge in [-0.1, -0.05) is 23.5 Å². The van der Waals surface area contributed by atoms with Crippen LogP contribution in [0.4, 0.5) is 0 Å². The van der Waals surface area contributed by atoms with Crippen molar-refractivity contribution < 1.29 is 9.53 Å². The Morgan fingerprint density at radius 3 is 2.94 bits per heavy atom. The number of nitrogens with one attached hydrogen (secondary N) is 1. The van der Waals surface area contributed by atoms with Crippen LogP contribution in [0.3, 0.4) is 0 Å². The van der Waals surface area contributed by atoms with Crippen LogP contribution in [0, 0.1) is 5.41 Å². The zero-order valence-electron chi connectivity index (χ0n) is 9.77. The van der Waals surface area contributed by atoms with Crippen LogP contribution in [-0.4, -0.2) is 17.1 Å². The molecule has 1 aromatic carbocycles. The van der Waals surface area contributed by atoms with Crippen molar-refractivity contribution in [1.82, 2.24) is 4.57 Å². The maximum absolute atomic E-state index is 11.7. The number of aromatic nitrogens is 1. The first-order valence-electron chi connectivity index (χ1n) is 5.46. The fourth-order valence-corrected chi connectivity index (χ4v) is 2.74. The van der Waals surface area contributed by atoms with Crippen LogP contribution >= 0.6 is 11.3 Å². The molecule has 0 aliphatic carbocycles. The van der Waals surface area contributed by atoms with Crippen LogP contribution in [0.2, 0.25) is 0 Å². The van der Waals surface area contributed by atoms with Gasteiger partial charge in [-0.05, 0) is 26.0 Å². The Bertz CT molecular complexity index is 600. The van der Waals surface area contributed by atoms with Gasteiger partial charge in [-0.3, -0.25) is 5.41 Å². The second kappa shape index (κ2) is 4.71. The maximum atomic E-state index is 11.7. The van der Waals surface area contributed by atoms with E-state index in [9.17, 15) is 4.79 Å². The monoisotopic (exact) mass is 250 g/mol. The number of carbonyl (C=O) groups is 1. The van der Waals surface area contributed by atoms with Gasteiger partial charge in [0.1, 0.15) is 6.04 Å². The molecule has 1 heterocycles. The molecule has 0 amide bonds. The summed E-state index contributed by atoms with van der Waals surface area (Å²) in [6.45, 7) is 3.90. The molecule has 1 atom stereocenters. The predicted octanol–water partition coefficient (Wildman–Crippen LogP) is 2.31. The molecule has 0 saturated carbocycles. The largest absolute Gasteiger partial charge is 0.464 e. The molecule has 4 nitrogen and oxygen atoms in total. The lowest BCUT2D eigenvalue weighted by molar-refractivity contribution is -0.146. The number of ether oxygens (including phenoxy) is 1. The normalized spacial score (nSPS) is 12.6. The Kier molecular flexibility index (Phi) is 3.28. The van der Waals surface area contributed by atoms with Gasteiger partial charge in [0.2, 0.25) is 0 Å². The molecule has 5 heteroatoms. The summed E-state index contributed by atoms with van der Waals surface area (Å²) in [5, 5.41) is 7.93. The molecule has 0 spiro atoms. The summed E-state index contributed by atoms with van der Waals surface area (Å²) in [4.78, 5) is 12.1. The van der Waals surface area contributed by atoms with Crippen molar-refractivity contribution in [3.8, 4) is 0 Å². The second-order valence-electron chi connectivity index (χ2n) is 3.67. The average molecular weight is 250 g/mol. The fraction of sp³-hybridized carbons (Fsp3) is 0.333. The zero-order valence-corrected chi connectivity index (χ0v) is 10.6. The smallest absolute Gasteiger partial charge is 0.328 e. The van der Waals surface area contributed by atoms with Crippen LogP contribution in [0.15, 0.2) is 24.3 Å². The van der Waals surface area contributed by atoms with Gasteiger partial charge in [0.15, 0.2) is 4.80 Å². The number of thiazole rings is 1. The average Bonchev–Trinajstić information content (AvgIpc) is 2.64. The lowest BCUT2D eigenvalue weighted by Crippen LogP contribution is -2.25. The molecule has 0 radical (unpaired) electrons. The van der Waals surface area contributed by atoms with Crippen molar-refractivity contribution in [2.45, 2.75) is 19.9 Å². The van der Waals surface area contributed by atoms with E-state index in [-0.39, 0.29) is 5.97 Å². The first-order valence-corrected chi connectivity index (χ1v) is 6.28. The van der Waals surface area contributed by atoms with E-state index in [0.717, 1.165) is 10.2 Å². The highest BCUT2D eigenvalue weighted by Crippen LogP contribution is 2.20. The SMILES string of the molecule is CCOC(=O)C(C)n1c(=N)sc2ccccc21. The van der Waals surface area contributed by atoms with Crippen molar-refractivity contribution in [1.29, 1.82) is 5.41 Å². The molecule has 0 aliphatic rings. The van der Waals surface area contributed by atoms with E-state index in [2.05, 4.69) is 0 Å². The van der Waals surface area contributed by atoms with Crippen LogP contribution in [-0.2, 0) is 9.53 Å². The lowest BCUT2D eigenvalue weighted by atomic mass is 10.3. The van der Waals surface area contributed by atoms with Crippen LogP contribution in [0.25, 0.3) is 10.2 Å². The summed E-state index contributed by atoms with van der Waals surface area (Å²) in [6, 6.07) is 7.24. The molecule has 0 aliphatic heterocycles. The van der Waals surface area contributed by atoms with Gasteiger partial charge < -0.3 is 9.30 Å². The first-order chi connectivity index (χ1) is 8.15. The van der Waals surface area contributed by atoms with Crippen molar-refractivity contribution in [2.24, 2.45) is 0 Å². The van der Waals surface area contributed by atoms with Crippen molar-refractivity contribution in [3.63, 3.8) is 0 Å². The molecular formula is C12H14N2O2S. The second-order valence-corrected chi connectivity index (χ2v) is 4.70. The third-order valence-electron chi connectivity index (χ3n) is 2.57. The molecule has 0 fully saturated rings. The summed E-state index contributed by atoms with van der Waals surface area (Å²) >= 11 is 1.36. The number of para-hydroxylation sites is 1. The summed E-state index contributed by atoms with van der Waals surface area (Å²) in [5.41, 5.74) is 0.906. The summed E-state index contributed by atoms with van der Waals surface area (Å²) in [6.07, 6.45) is 0. The molecule has 1 N–H and O–H groups in total. The number of fused-ring (bicyclic) bond motifs is 1. The van der Waals surface area contributed by atoms with Crippen molar-refractivity contribution in [3.05, 3.63) is 29.1 Å². The number of carbonyl (C=O) groups excluding carboxylic acids is 1. The predicted molar refractivity (Wildman–Crippen MR) is 67.0 cm³/mol. The molecule has 1 aromatic heterocycles. The lowest BCUT2D eigenvalue weighted by Gasteiger charge is -2.13. The van der Waals surface area contributed by atoms with Crippen molar-refractivity contribution >= 4 is 27.5 Å². The molecule has 0 bridgehead atoms. The van der Waals surface area contributed by atoms with Gasteiger partial charge >= 0.3 is 5.97 Å². The Morgan fingerprint density at radius 2 is 2.24 bits per heavy atom. The van der Waals surface area contributed by atoms with E-state index in [4.69, 9.17) is 10.1 Å². The molecule has 17 heavy (non-hydrogen) atoms. The van der Waals surface area contributed by atoms with Crippen molar-refractivity contribution in [2.75, 3.05) is 6.61 Å². The third kappa shape index (κ3) is 2.10. The van der Waals surface area contributed by atoms with Gasteiger partial charge in [-0.25, -0.2) is 4.79 Å². The molecule has 90 valence electrons. The molecular weight excluding hydrogens is 236 g/mol. The van der Waals surface area contributed by atoms with E-state index >= 15 is 0 Å². The number of esters is 1. The van der Waals surface area contributed by atoms with Crippen LogP contribution < -0.4 is 4.80 Å². The number of hydrogen-bond acceptors (Lipinski definition) is 4. The standard InChI is InChI=1S/C12H14N2O2S/c1-3-16-11(15)8(2)14-9-6-4-5-7-10(9)17-12(14)13/h4-8,13H,3H2,1-2H3. The Balaban J connectivity index is 2.51. The Labute approximate surface area is 103 Å². The van der Waals surface area contributed by atoms with Gasteiger partial charge in [0, 0.05) is 0 Å². The summed E-state index contributed by atoms with van der Waals surface area (Å²) in [7, 11) is 0. The molecule has 2 rings (SSSR count). The highest BCUT2D eigenvalue weighted by Gasteiger charge is 2.19. The number of rotatable bonds is 3. The maximum Gasteiger partial charge on any atom is 0.328 e. The summed E-state index contributed by atoms with van der Waals surface area (Å²) in [5.74, 6) is -0.297. The molecule has 2 aromatic rings. The van der Waals surface area contributed by atoms with E-state index in [1.807, 2.05) is 24.3 Å². The minimum absolute atomic E-state index is 0.297. The van der Waals surface area contributed by atoms with E-state index in [1.165, 1.54) is 11.3 Å². The minimum atomic E-state index is -0.460. The zero-order chi connectivity index (χ0) is 12.4. The number of benzene rings is 1. The fourth-order valence-electron chi connectivity index (χ4n) is 1.76. The quantitative estimate of drug-likeness (QED) is 0.850. The van der Waals surface area contributed by atoms with E-state index < -0.39 is 6.04 Å². The first kappa shape index (κ1) is 11.9. The number of nitrogens with zero attached hydrogens (tertiary/aromatic N) is 1. The summed E-state index contributed by atoms with van der Waals surface area (Å²) < 4.78 is 7.71. The Morgan fingerprint density at radius 1 is 1.53 bits per heavy atom. The van der Waals surface area contributed by atoms with E-state index in [1.54, 1.807) is 18.4 Å². The highest BCUT2D eigenvalue weighted by molar-refractivity contribution is 7.16. The number of hydrogen-bond donors (Lipinski definition) is 1. The Hall–Kier alpha value is -1.62. The van der Waals surface area contributed by atoms with Crippen LogP contribution in [0.5, 0.6) is 0 Å². The molecule has 0 saturated heterocycles. The third-order valence-corrected chi connectivity index (χ3v) is 3.52. The van der Waals surface area contributed by atoms with Gasteiger partial charge in [-0.15, -0.1) is 0 Å². The topological polar surface area (TPSA) is 55.1 Å². The molecule has 1 unspecified atom stereocenters.